The Balaban J connectivity index is 2.06. The second-order valence-electron chi connectivity index (χ2n) is 6.39. The Morgan fingerprint density at radius 2 is 1.97 bits per heavy atom. The highest BCUT2D eigenvalue weighted by molar-refractivity contribution is 7.19. The minimum atomic E-state index is -1.11. The highest BCUT2D eigenvalue weighted by Gasteiger charge is 2.22. The number of benzene rings is 1. The molecule has 2 aromatic rings. The van der Waals surface area contributed by atoms with Crippen molar-refractivity contribution < 1.29 is 28.7 Å². The number of hydrogen-bond donors (Lipinski definition) is 2. The fourth-order valence-electron chi connectivity index (χ4n) is 2.10. The molecule has 0 saturated carbocycles. The van der Waals surface area contributed by atoms with Gasteiger partial charge in [0.05, 0.1) is 24.4 Å². The number of hydroxylamine groups is 1. The molecule has 0 spiro atoms. The van der Waals surface area contributed by atoms with Gasteiger partial charge in [0.2, 0.25) is 5.91 Å². The van der Waals surface area contributed by atoms with E-state index in [0.717, 1.165) is 16.4 Å². The summed E-state index contributed by atoms with van der Waals surface area (Å²) in [5.41, 5.74) is 0.407. The van der Waals surface area contributed by atoms with Crippen LogP contribution in [0.5, 0.6) is 0 Å². The number of carbonyl (C=O) groups excluding carboxylic acids is 2. The van der Waals surface area contributed by atoms with Crippen molar-refractivity contribution in [2.45, 2.75) is 26.7 Å². The van der Waals surface area contributed by atoms with E-state index in [0.29, 0.717) is 0 Å². The summed E-state index contributed by atoms with van der Waals surface area (Å²) < 4.78 is 13.3. The van der Waals surface area contributed by atoms with Crippen LogP contribution in [0.1, 0.15) is 26.0 Å². The molecule has 0 aliphatic carbocycles. The number of nitrogens with one attached hydrogen (secondary N) is 1. The largest absolute Gasteiger partial charge is 0.481 e. The van der Waals surface area contributed by atoms with E-state index in [1.165, 1.54) is 24.3 Å². The average molecular weight is 444 g/mol. The monoisotopic (exact) mass is 443 g/mol. The smallest absolute Gasteiger partial charge is 0.309 e. The van der Waals surface area contributed by atoms with E-state index in [1.54, 1.807) is 0 Å². The fraction of sp³-hybridized carbons (Fsp3) is 0.333. The van der Waals surface area contributed by atoms with Crippen molar-refractivity contribution in [3.05, 3.63) is 40.1 Å². The van der Waals surface area contributed by atoms with Crippen LogP contribution in [-0.2, 0) is 25.6 Å². The summed E-state index contributed by atoms with van der Waals surface area (Å²) >= 11 is 6.80. The van der Waals surface area contributed by atoms with Crippen LogP contribution in [0.4, 0.5) is 15.2 Å². The van der Waals surface area contributed by atoms with Crippen molar-refractivity contribution >= 4 is 51.5 Å². The van der Waals surface area contributed by atoms with Crippen molar-refractivity contribution in [2.24, 2.45) is 5.92 Å². The topological polar surface area (TPSA) is 109 Å². The molecule has 0 radical (unpaired) electrons. The van der Waals surface area contributed by atoms with Gasteiger partial charge in [-0.05, 0) is 30.2 Å². The van der Waals surface area contributed by atoms with Gasteiger partial charge in [-0.25, -0.2) is 9.37 Å². The lowest BCUT2D eigenvalue weighted by molar-refractivity contribution is -0.136. The molecule has 2 amide bonds. The molecule has 11 heteroatoms. The van der Waals surface area contributed by atoms with Crippen LogP contribution in [0.2, 0.25) is 4.34 Å². The zero-order valence-electron chi connectivity index (χ0n) is 15.6. The Labute approximate surface area is 175 Å². The summed E-state index contributed by atoms with van der Waals surface area (Å²) in [4.78, 5) is 45.0. The van der Waals surface area contributed by atoms with Gasteiger partial charge in [-0.2, -0.15) is 5.06 Å². The molecular weight excluding hydrogens is 425 g/mol. The number of anilines is 2. The van der Waals surface area contributed by atoms with Crippen LogP contribution >= 0.6 is 22.9 Å². The van der Waals surface area contributed by atoms with E-state index in [4.69, 9.17) is 21.5 Å². The highest BCUT2D eigenvalue weighted by atomic mass is 35.5. The third kappa shape index (κ3) is 7.08. The number of amides is 2. The maximum Gasteiger partial charge on any atom is 0.309 e. The van der Waals surface area contributed by atoms with Gasteiger partial charge in [-0.1, -0.05) is 36.8 Å². The summed E-state index contributed by atoms with van der Waals surface area (Å²) in [5, 5.41) is 12.3. The molecule has 0 fully saturated rings. The number of aromatic nitrogens is 1. The number of carboxylic acids is 1. The van der Waals surface area contributed by atoms with Crippen molar-refractivity contribution in [3.8, 4) is 0 Å². The summed E-state index contributed by atoms with van der Waals surface area (Å²) in [6.07, 6.45) is -0.952. The zero-order chi connectivity index (χ0) is 21.6. The van der Waals surface area contributed by atoms with Crippen LogP contribution in [0, 0.1) is 11.7 Å². The first-order valence-corrected chi connectivity index (χ1v) is 9.73. The molecule has 8 nitrogen and oxygen atoms in total. The Hall–Kier alpha value is -2.56. The zero-order valence-corrected chi connectivity index (χ0v) is 17.2. The average Bonchev–Trinajstić information content (AvgIpc) is 2.94. The first-order chi connectivity index (χ1) is 13.7. The number of carbonyl (C=O) groups is 3. The molecule has 0 bridgehead atoms. The second-order valence-corrected chi connectivity index (χ2v) is 7.99. The minimum absolute atomic E-state index is 0.0838. The standard InChI is InChI=1S/C18H19ClFN3O5S/c1-10(2)9-28-23(12-5-3-11(20)4-6-12)15(25)8-14(24)22-18-21-13(7-16(26)27)17(19)29-18/h3-6,10H,7-9H2,1-2H3,(H,26,27)(H,21,22,24). The Kier molecular flexibility index (Phi) is 8.06. The second kappa shape index (κ2) is 10.3. The first kappa shape index (κ1) is 22.7. The molecular formula is C18H19ClFN3O5S. The molecule has 1 aromatic heterocycles. The molecule has 0 atom stereocenters. The summed E-state index contributed by atoms with van der Waals surface area (Å²) in [6, 6.07) is 5.08. The molecule has 0 aliphatic rings. The summed E-state index contributed by atoms with van der Waals surface area (Å²) in [7, 11) is 0. The third-order valence-corrected chi connectivity index (χ3v) is 4.60. The Morgan fingerprint density at radius 1 is 1.31 bits per heavy atom. The number of rotatable bonds is 9. The van der Waals surface area contributed by atoms with Gasteiger partial charge in [-0.3, -0.25) is 19.2 Å². The fourth-order valence-corrected chi connectivity index (χ4v) is 3.16. The van der Waals surface area contributed by atoms with E-state index >= 15 is 0 Å². The molecule has 2 rings (SSSR count). The third-order valence-electron chi connectivity index (χ3n) is 3.35. The van der Waals surface area contributed by atoms with Gasteiger partial charge in [0.1, 0.15) is 16.6 Å². The van der Waals surface area contributed by atoms with Gasteiger partial charge < -0.3 is 10.4 Å². The normalized spacial score (nSPS) is 10.8. The van der Waals surface area contributed by atoms with Crippen LogP contribution < -0.4 is 10.4 Å². The summed E-state index contributed by atoms with van der Waals surface area (Å²) in [6.45, 7) is 3.99. The van der Waals surface area contributed by atoms with Crippen LogP contribution in [0.3, 0.4) is 0 Å². The lowest BCUT2D eigenvalue weighted by atomic mass is 10.2. The van der Waals surface area contributed by atoms with Crippen molar-refractivity contribution in [2.75, 3.05) is 17.0 Å². The molecule has 1 aromatic carbocycles. The number of nitrogens with zero attached hydrogens (tertiary/aromatic N) is 2. The van der Waals surface area contributed by atoms with E-state index < -0.39 is 30.0 Å². The van der Waals surface area contributed by atoms with E-state index in [-0.39, 0.29) is 39.8 Å². The number of hydrogen-bond acceptors (Lipinski definition) is 6. The number of thiazole rings is 1. The lowest BCUT2D eigenvalue weighted by Gasteiger charge is -2.22. The van der Waals surface area contributed by atoms with Crippen LogP contribution in [0.15, 0.2) is 24.3 Å². The molecule has 29 heavy (non-hydrogen) atoms. The maximum atomic E-state index is 13.2. The first-order valence-electron chi connectivity index (χ1n) is 8.54. The van der Waals surface area contributed by atoms with E-state index in [9.17, 15) is 18.8 Å². The van der Waals surface area contributed by atoms with Gasteiger partial charge in [0.25, 0.3) is 5.91 Å². The summed E-state index contributed by atoms with van der Waals surface area (Å²) in [5.74, 6) is -2.81. The quantitative estimate of drug-likeness (QED) is 0.453. The Bertz CT molecular complexity index is 888. The maximum absolute atomic E-state index is 13.2. The van der Waals surface area contributed by atoms with Gasteiger partial charge in [-0.15, -0.1) is 0 Å². The molecule has 156 valence electrons. The van der Waals surface area contributed by atoms with Gasteiger partial charge in [0, 0.05) is 0 Å². The minimum Gasteiger partial charge on any atom is -0.481 e. The SMILES string of the molecule is CC(C)CON(C(=O)CC(=O)Nc1nc(CC(=O)O)c(Cl)s1)c1ccc(F)cc1. The number of halogens is 2. The molecule has 0 saturated heterocycles. The lowest BCUT2D eigenvalue weighted by Crippen LogP contribution is -2.35. The highest BCUT2D eigenvalue weighted by Crippen LogP contribution is 2.28. The van der Waals surface area contributed by atoms with Gasteiger partial charge >= 0.3 is 5.97 Å². The predicted octanol–water partition coefficient (Wildman–Crippen LogP) is 3.51. The van der Waals surface area contributed by atoms with E-state index in [1.807, 2.05) is 13.8 Å². The molecule has 2 N–H and O–H groups in total. The van der Waals surface area contributed by atoms with Gasteiger partial charge in [0.15, 0.2) is 5.13 Å². The van der Waals surface area contributed by atoms with E-state index in [2.05, 4.69) is 10.3 Å². The van der Waals surface area contributed by atoms with Crippen LogP contribution in [0.25, 0.3) is 0 Å². The van der Waals surface area contributed by atoms with Crippen molar-refractivity contribution in [1.82, 2.24) is 4.98 Å². The number of aliphatic carboxylic acids is 1. The Morgan fingerprint density at radius 3 is 2.55 bits per heavy atom. The molecule has 0 aliphatic heterocycles. The van der Waals surface area contributed by atoms with Crippen molar-refractivity contribution in [1.29, 1.82) is 0 Å². The molecule has 1 heterocycles. The number of carboxylic acid groups (broad SMARTS) is 1. The van der Waals surface area contributed by atoms with Crippen molar-refractivity contribution in [3.63, 3.8) is 0 Å². The molecule has 0 unspecified atom stereocenters. The van der Waals surface area contributed by atoms with Crippen LogP contribution in [-0.4, -0.2) is 34.5 Å². The predicted molar refractivity (Wildman–Crippen MR) is 106 cm³/mol.